The van der Waals surface area contributed by atoms with Gasteiger partial charge in [0.1, 0.15) is 0 Å². The molecule has 0 spiro atoms. The lowest BCUT2D eigenvalue weighted by atomic mass is 10.0. The van der Waals surface area contributed by atoms with Crippen molar-refractivity contribution in [1.29, 1.82) is 0 Å². The molecule has 0 atom stereocenters. The van der Waals surface area contributed by atoms with Crippen molar-refractivity contribution in [1.82, 2.24) is 0 Å². The van der Waals surface area contributed by atoms with E-state index in [2.05, 4.69) is 119 Å². The van der Waals surface area contributed by atoms with Crippen molar-refractivity contribution < 1.29 is 0 Å². The summed E-state index contributed by atoms with van der Waals surface area (Å²) in [4.78, 5) is 0. The second-order valence-corrected chi connectivity index (χ2v) is 7.31. The molecule has 0 amide bonds. The normalized spacial score (nSPS) is 10.2. The Kier molecular flexibility index (Phi) is 9.14. The second kappa shape index (κ2) is 11.4. The standard InChI is InChI=1S/C15H15Br.C9H11Br/c1-2-12-3-7-14(8-4-12)15-9-5-13(11-16)6-10-15;1-2-8-4-3-5-9(6-8)7-10/h3-10H,2,11H2,1H3;3-6H,2,7H2,1H3. The third-order valence-corrected chi connectivity index (χ3v) is 5.65. The van der Waals surface area contributed by atoms with Gasteiger partial charge in [0.2, 0.25) is 0 Å². The summed E-state index contributed by atoms with van der Waals surface area (Å²) in [5, 5.41) is 1.88. The lowest BCUT2D eigenvalue weighted by Gasteiger charge is -2.04. The summed E-state index contributed by atoms with van der Waals surface area (Å²) < 4.78 is 0. The fourth-order valence-corrected chi connectivity index (χ4v) is 3.37. The Labute approximate surface area is 174 Å². The molecule has 0 aliphatic rings. The molecule has 3 aromatic rings. The molecule has 0 N–H and O–H groups in total. The first-order valence-corrected chi connectivity index (χ1v) is 11.3. The first-order valence-electron chi connectivity index (χ1n) is 9.08. The highest BCUT2D eigenvalue weighted by Gasteiger charge is 1.97. The van der Waals surface area contributed by atoms with Crippen LogP contribution < -0.4 is 0 Å². The minimum absolute atomic E-state index is 0.919. The molecule has 0 unspecified atom stereocenters. The van der Waals surface area contributed by atoms with Crippen LogP contribution in [0.5, 0.6) is 0 Å². The Morgan fingerprint density at radius 3 is 1.46 bits per heavy atom. The first kappa shape index (κ1) is 20.9. The third kappa shape index (κ3) is 6.41. The van der Waals surface area contributed by atoms with E-state index >= 15 is 0 Å². The molecule has 0 nitrogen and oxygen atoms in total. The Morgan fingerprint density at radius 1 is 0.538 bits per heavy atom. The van der Waals surface area contributed by atoms with Gasteiger partial charge in [-0.25, -0.2) is 0 Å². The van der Waals surface area contributed by atoms with Crippen molar-refractivity contribution in [3.05, 3.63) is 95.1 Å². The monoisotopic (exact) mass is 472 g/mol. The molecule has 0 heterocycles. The molecule has 0 saturated heterocycles. The quantitative estimate of drug-likeness (QED) is 0.329. The number of hydrogen-bond acceptors (Lipinski definition) is 0. The SMILES string of the molecule is CCc1ccc(-c2ccc(CBr)cc2)cc1.CCc1cccc(CBr)c1. The lowest BCUT2D eigenvalue weighted by molar-refractivity contribution is 1.13. The summed E-state index contributed by atoms with van der Waals surface area (Å²) in [6.45, 7) is 4.35. The van der Waals surface area contributed by atoms with Gasteiger partial charge in [-0.1, -0.05) is 119 Å². The van der Waals surface area contributed by atoms with Crippen molar-refractivity contribution >= 4 is 31.9 Å². The van der Waals surface area contributed by atoms with Crippen molar-refractivity contribution in [2.75, 3.05) is 0 Å². The summed E-state index contributed by atoms with van der Waals surface area (Å²) in [6, 6.07) is 26.1. The van der Waals surface area contributed by atoms with E-state index < -0.39 is 0 Å². The molecule has 0 aromatic heterocycles. The minimum atomic E-state index is 0.919. The van der Waals surface area contributed by atoms with Crippen LogP contribution in [0.25, 0.3) is 11.1 Å². The molecule has 0 fully saturated rings. The van der Waals surface area contributed by atoms with E-state index in [9.17, 15) is 0 Å². The van der Waals surface area contributed by atoms with Gasteiger partial charge < -0.3 is 0 Å². The van der Waals surface area contributed by atoms with Gasteiger partial charge in [-0.15, -0.1) is 0 Å². The summed E-state index contributed by atoms with van der Waals surface area (Å²) >= 11 is 6.88. The molecule has 3 aromatic carbocycles. The van der Waals surface area contributed by atoms with Gasteiger partial charge in [-0.05, 0) is 46.2 Å². The van der Waals surface area contributed by atoms with Crippen LogP contribution in [0.15, 0.2) is 72.8 Å². The largest absolute Gasteiger partial charge is 0.0876 e. The number of aryl methyl sites for hydroxylation is 2. The van der Waals surface area contributed by atoms with Gasteiger partial charge >= 0.3 is 0 Å². The second-order valence-electron chi connectivity index (χ2n) is 6.19. The molecular weight excluding hydrogens is 448 g/mol. The lowest BCUT2D eigenvalue weighted by Crippen LogP contribution is -1.82. The van der Waals surface area contributed by atoms with Crippen LogP contribution in [-0.2, 0) is 23.5 Å². The fourth-order valence-electron chi connectivity index (χ4n) is 2.65. The van der Waals surface area contributed by atoms with Crippen LogP contribution in [0.1, 0.15) is 36.1 Å². The highest BCUT2D eigenvalue weighted by Crippen LogP contribution is 2.21. The highest BCUT2D eigenvalue weighted by molar-refractivity contribution is 9.08. The van der Waals surface area contributed by atoms with Gasteiger partial charge in [0, 0.05) is 10.7 Å². The van der Waals surface area contributed by atoms with Crippen LogP contribution >= 0.6 is 31.9 Å². The molecule has 0 aliphatic heterocycles. The summed E-state index contributed by atoms with van der Waals surface area (Å²) in [6.07, 6.45) is 2.23. The van der Waals surface area contributed by atoms with E-state index in [1.165, 1.54) is 33.4 Å². The Morgan fingerprint density at radius 2 is 1.00 bits per heavy atom. The highest BCUT2D eigenvalue weighted by atomic mass is 79.9. The number of alkyl halides is 2. The molecule has 0 saturated carbocycles. The van der Waals surface area contributed by atoms with Gasteiger partial charge in [0.25, 0.3) is 0 Å². The zero-order valence-corrected chi connectivity index (χ0v) is 18.7. The van der Waals surface area contributed by atoms with Crippen molar-refractivity contribution in [3.8, 4) is 11.1 Å². The number of hydrogen-bond donors (Lipinski definition) is 0. The predicted molar refractivity (Wildman–Crippen MR) is 122 cm³/mol. The summed E-state index contributed by atoms with van der Waals surface area (Å²) in [7, 11) is 0. The average Bonchev–Trinajstić information content (AvgIpc) is 2.74. The number of benzene rings is 3. The smallest absolute Gasteiger partial charge is 0.0283 e. The molecule has 2 heteroatoms. The molecule has 0 aliphatic carbocycles. The van der Waals surface area contributed by atoms with Crippen molar-refractivity contribution in [2.45, 2.75) is 37.3 Å². The average molecular weight is 474 g/mol. The van der Waals surface area contributed by atoms with E-state index in [1.54, 1.807) is 0 Å². The zero-order valence-electron chi connectivity index (χ0n) is 15.5. The molecule has 0 radical (unpaired) electrons. The van der Waals surface area contributed by atoms with Crippen LogP contribution in [0.3, 0.4) is 0 Å². The van der Waals surface area contributed by atoms with Crippen LogP contribution in [-0.4, -0.2) is 0 Å². The summed E-state index contributed by atoms with van der Waals surface area (Å²) in [5.74, 6) is 0. The van der Waals surface area contributed by atoms with Crippen LogP contribution in [0, 0.1) is 0 Å². The van der Waals surface area contributed by atoms with Gasteiger partial charge in [0.05, 0.1) is 0 Å². The third-order valence-electron chi connectivity index (χ3n) is 4.36. The van der Waals surface area contributed by atoms with Crippen molar-refractivity contribution in [2.24, 2.45) is 0 Å². The van der Waals surface area contributed by atoms with E-state index in [0.717, 1.165) is 23.5 Å². The first-order chi connectivity index (χ1) is 12.7. The van der Waals surface area contributed by atoms with E-state index in [1.807, 2.05) is 0 Å². The maximum Gasteiger partial charge on any atom is 0.0283 e. The maximum atomic E-state index is 3.46. The molecule has 0 bridgehead atoms. The number of halogens is 2. The zero-order chi connectivity index (χ0) is 18.8. The van der Waals surface area contributed by atoms with Gasteiger partial charge in [-0.3, -0.25) is 0 Å². The van der Waals surface area contributed by atoms with Crippen LogP contribution in [0.4, 0.5) is 0 Å². The predicted octanol–water partition coefficient (Wildman–Crippen LogP) is 7.95. The van der Waals surface area contributed by atoms with Crippen molar-refractivity contribution in [3.63, 3.8) is 0 Å². The van der Waals surface area contributed by atoms with E-state index in [4.69, 9.17) is 0 Å². The molecule has 26 heavy (non-hydrogen) atoms. The topological polar surface area (TPSA) is 0 Å². The van der Waals surface area contributed by atoms with Gasteiger partial charge in [0.15, 0.2) is 0 Å². The fraction of sp³-hybridized carbons (Fsp3) is 0.250. The molecule has 3 rings (SSSR count). The summed E-state index contributed by atoms with van der Waals surface area (Å²) in [5.41, 5.74) is 8.05. The van der Waals surface area contributed by atoms with E-state index in [0.29, 0.717) is 0 Å². The van der Waals surface area contributed by atoms with Gasteiger partial charge in [-0.2, -0.15) is 0 Å². The molecule has 136 valence electrons. The molecular formula is C24H26Br2. The Bertz CT molecular complexity index is 709. The maximum absolute atomic E-state index is 3.46. The Balaban J connectivity index is 0.000000209. The minimum Gasteiger partial charge on any atom is -0.0876 e. The van der Waals surface area contributed by atoms with Crippen LogP contribution in [0.2, 0.25) is 0 Å². The van der Waals surface area contributed by atoms with E-state index in [-0.39, 0.29) is 0 Å². The Hall–Kier alpha value is -1.38. The number of rotatable bonds is 5.